The molecule has 0 radical (unpaired) electrons. The Labute approximate surface area is 115 Å². The highest BCUT2D eigenvalue weighted by molar-refractivity contribution is 7.05. The van der Waals surface area contributed by atoms with Gasteiger partial charge in [-0.1, -0.05) is 16.6 Å². The lowest BCUT2D eigenvalue weighted by molar-refractivity contribution is 0.0697. The Morgan fingerprint density at radius 2 is 2.00 bits per heavy atom. The third-order valence-corrected chi connectivity index (χ3v) is 3.62. The number of benzene rings is 1. The van der Waals surface area contributed by atoms with Crippen molar-refractivity contribution in [2.75, 3.05) is 7.05 Å². The normalized spacial score (nSPS) is 10.9. The molecule has 1 aromatic heterocycles. The number of carboxylic acids is 1. The molecule has 0 saturated heterocycles. The van der Waals surface area contributed by atoms with Crippen LogP contribution in [0.15, 0.2) is 24.3 Å². The standard InChI is InChI=1S/C13H15N3O2S/c1-9-12(19-15-14-9)8-16(2)7-10-3-5-11(6-4-10)13(17)18/h3-6H,7-8H2,1-2H3,(H,17,18). The van der Waals surface area contributed by atoms with Gasteiger partial charge >= 0.3 is 5.97 Å². The van der Waals surface area contributed by atoms with Gasteiger partial charge in [-0.25, -0.2) is 4.79 Å². The highest BCUT2D eigenvalue weighted by Gasteiger charge is 2.08. The number of aromatic nitrogens is 2. The number of carboxylic acid groups (broad SMARTS) is 1. The summed E-state index contributed by atoms with van der Waals surface area (Å²) in [4.78, 5) is 14.1. The van der Waals surface area contributed by atoms with Crippen LogP contribution in [0.1, 0.15) is 26.5 Å². The Morgan fingerprint density at radius 3 is 2.53 bits per heavy atom. The first-order chi connectivity index (χ1) is 9.06. The third-order valence-electron chi connectivity index (χ3n) is 2.81. The summed E-state index contributed by atoms with van der Waals surface area (Å²) < 4.78 is 3.91. The minimum Gasteiger partial charge on any atom is -0.478 e. The van der Waals surface area contributed by atoms with Crippen LogP contribution in [-0.2, 0) is 13.1 Å². The van der Waals surface area contributed by atoms with Crippen LogP contribution in [0.2, 0.25) is 0 Å². The predicted molar refractivity (Wildman–Crippen MR) is 73.2 cm³/mol. The van der Waals surface area contributed by atoms with E-state index < -0.39 is 5.97 Å². The van der Waals surface area contributed by atoms with E-state index in [1.165, 1.54) is 11.5 Å². The minimum atomic E-state index is -0.897. The van der Waals surface area contributed by atoms with Crippen LogP contribution in [0.4, 0.5) is 0 Å². The summed E-state index contributed by atoms with van der Waals surface area (Å²) in [5.41, 5.74) is 2.37. The maximum absolute atomic E-state index is 10.8. The molecule has 5 nitrogen and oxygen atoms in total. The van der Waals surface area contributed by atoms with Gasteiger partial charge in [0.05, 0.1) is 16.1 Å². The molecule has 0 amide bonds. The molecule has 6 heteroatoms. The lowest BCUT2D eigenvalue weighted by atomic mass is 10.1. The van der Waals surface area contributed by atoms with E-state index in [0.29, 0.717) is 5.56 Å². The van der Waals surface area contributed by atoms with Crippen molar-refractivity contribution in [3.63, 3.8) is 0 Å². The molecule has 0 atom stereocenters. The molecular formula is C13H15N3O2S. The van der Waals surface area contributed by atoms with Crippen LogP contribution in [0.3, 0.4) is 0 Å². The largest absolute Gasteiger partial charge is 0.478 e. The zero-order valence-corrected chi connectivity index (χ0v) is 11.6. The molecule has 1 heterocycles. The Bertz CT molecular complexity index is 566. The van der Waals surface area contributed by atoms with Gasteiger partial charge in [0.25, 0.3) is 0 Å². The maximum atomic E-state index is 10.8. The van der Waals surface area contributed by atoms with Gasteiger partial charge < -0.3 is 5.11 Å². The molecule has 100 valence electrons. The number of rotatable bonds is 5. The monoisotopic (exact) mass is 277 g/mol. The Balaban J connectivity index is 1.97. The Hall–Kier alpha value is -1.79. The summed E-state index contributed by atoms with van der Waals surface area (Å²) in [6, 6.07) is 6.95. The molecule has 0 unspecified atom stereocenters. The number of hydrogen-bond acceptors (Lipinski definition) is 5. The average molecular weight is 277 g/mol. The summed E-state index contributed by atoms with van der Waals surface area (Å²) in [6.07, 6.45) is 0. The van der Waals surface area contributed by atoms with E-state index in [-0.39, 0.29) is 0 Å². The van der Waals surface area contributed by atoms with E-state index in [0.717, 1.165) is 29.2 Å². The van der Waals surface area contributed by atoms with Crippen LogP contribution >= 0.6 is 11.5 Å². The van der Waals surface area contributed by atoms with Crippen molar-refractivity contribution in [3.05, 3.63) is 46.0 Å². The van der Waals surface area contributed by atoms with Gasteiger partial charge in [0, 0.05) is 13.1 Å². The van der Waals surface area contributed by atoms with E-state index in [4.69, 9.17) is 5.11 Å². The van der Waals surface area contributed by atoms with Crippen LogP contribution < -0.4 is 0 Å². The molecule has 0 bridgehead atoms. The molecule has 1 aromatic carbocycles. The highest BCUT2D eigenvalue weighted by atomic mass is 32.1. The molecule has 0 spiro atoms. The molecule has 2 rings (SSSR count). The van der Waals surface area contributed by atoms with Gasteiger partial charge in [0.15, 0.2) is 0 Å². The van der Waals surface area contributed by atoms with Gasteiger partial charge in [-0.15, -0.1) is 5.10 Å². The second-order valence-corrected chi connectivity index (χ2v) is 5.29. The quantitative estimate of drug-likeness (QED) is 0.907. The van der Waals surface area contributed by atoms with E-state index >= 15 is 0 Å². The van der Waals surface area contributed by atoms with Crippen LogP contribution in [-0.4, -0.2) is 32.6 Å². The number of aromatic carboxylic acids is 1. The van der Waals surface area contributed by atoms with Crippen molar-refractivity contribution in [2.45, 2.75) is 20.0 Å². The van der Waals surface area contributed by atoms with Crippen molar-refractivity contribution in [1.82, 2.24) is 14.5 Å². The van der Waals surface area contributed by atoms with E-state index in [2.05, 4.69) is 14.5 Å². The summed E-state index contributed by atoms with van der Waals surface area (Å²) in [5.74, 6) is -0.897. The van der Waals surface area contributed by atoms with Crippen molar-refractivity contribution in [3.8, 4) is 0 Å². The molecule has 0 aliphatic rings. The average Bonchev–Trinajstić information content (AvgIpc) is 2.75. The summed E-state index contributed by atoms with van der Waals surface area (Å²) in [6.45, 7) is 3.51. The second-order valence-electron chi connectivity index (χ2n) is 4.46. The van der Waals surface area contributed by atoms with E-state index in [9.17, 15) is 4.79 Å². The van der Waals surface area contributed by atoms with E-state index in [1.54, 1.807) is 12.1 Å². The van der Waals surface area contributed by atoms with Crippen molar-refractivity contribution < 1.29 is 9.90 Å². The third kappa shape index (κ3) is 3.59. The van der Waals surface area contributed by atoms with Gasteiger partial charge in [-0.3, -0.25) is 4.90 Å². The lowest BCUT2D eigenvalue weighted by Crippen LogP contribution is -2.17. The summed E-state index contributed by atoms with van der Waals surface area (Å²) in [7, 11) is 2.02. The molecular weight excluding hydrogens is 262 g/mol. The molecule has 19 heavy (non-hydrogen) atoms. The number of aryl methyl sites for hydroxylation is 1. The second kappa shape index (κ2) is 5.90. The zero-order valence-electron chi connectivity index (χ0n) is 10.8. The highest BCUT2D eigenvalue weighted by Crippen LogP contribution is 2.14. The summed E-state index contributed by atoms with van der Waals surface area (Å²) >= 11 is 1.41. The fourth-order valence-corrected chi connectivity index (χ4v) is 2.47. The van der Waals surface area contributed by atoms with Crippen molar-refractivity contribution >= 4 is 17.5 Å². The maximum Gasteiger partial charge on any atom is 0.335 e. The van der Waals surface area contributed by atoms with Crippen molar-refractivity contribution in [2.24, 2.45) is 0 Å². The zero-order chi connectivity index (χ0) is 13.8. The number of hydrogen-bond donors (Lipinski definition) is 1. The summed E-state index contributed by atoms with van der Waals surface area (Å²) in [5, 5.41) is 12.8. The van der Waals surface area contributed by atoms with Gasteiger partial charge in [-0.2, -0.15) is 0 Å². The number of nitrogens with zero attached hydrogens (tertiary/aromatic N) is 3. The Morgan fingerprint density at radius 1 is 1.32 bits per heavy atom. The molecule has 0 saturated carbocycles. The molecule has 1 N–H and O–H groups in total. The predicted octanol–water partition coefficient (Wildman–Crippen LogP) is 2.18. The van der Waals surface area contributed by atoms with Crippen LogP contribution in [0, 0.1) is 6.92 Å². The molecule has 0 fully saturated rings. The van der Waals surface area contributed by atoms with Crippen LogP contribution in [0.25, 0.3) is 0 Å². The fourth-order valence-electron chi connectivity index (χ4n) is 1.76. The Kier molecular flexibility index (Phi) is 4.24. The molecule has 0 aliphatic carbocycles. The SMILES string of the molecule is Cc1nnsc1CN(C)Cc1ccc(C(=O)O)cc1. The van der Waals surface area contributed by atoms with Gasteiger partial charge in [0.2, 0.25) is 0 Å². The van der Waals surface area contributed by atoms with Crippen molar-refractivity contribution in [1.29, 1.82) is 0 Å². The lowest BCUT2D eigenvalue weighted by Gasteiger charge is -2.15. The first-order valence-electron chi connectivity index (χ1n) is 5.85. The number of carbonyl (C=O) groups is 1. The smallest absolute Gasteiger partial charge is 0.335 e. The molecule has 0 aliphatic heterocycles. The first kappa shape index (κ1) is 13.6. The van der Waals surface area contributed by atoms with Gasteiger partial charge in [0.1, 0.15) is 0 Å². The molecule has 2 aromatic rings. The topological polar surface area (TPSA) is 66.3 Å². The van der Waals surface area contributed by atoms with E-state index in [1.807, 2.05) is 26.1 Å². The van der Waals surface area contributed by atoms with Gasteiger partial charge in [-0.05, 0) is 43.2 Å². The minimum absolute atomic E-state index is 0.314. The first-order valence-corrected chi connectivity index (χ1v) is 6.62. The van der Waals surface area contributed by atoms with Crippen LogP contribution in [0.5, 0.6) is 0 Å². The fraction of sp³-hybridized carbons (Fsp3) is 0.308.